The lowest BCUT2D eigenvalue weighted by Gasteiger charge is -2.15. The standard InChI is InChI=1S/C28H28F3N5O3/c1-14-19-9-8-15-11-22(25-34-20-12-16(27(38)39-3)18(29)13-21(20)35(25)2)36(24(15)33-19)10-6-4-5-7-17-23(26(37)32-14)28(17,30)31/h8-9,11-14,17,23H,4-7,10H2,1-3H3,(H,32,37)/t14-,17-,23+/m1/s1. The summed E-state index contributed by atoms with van der Waals surface area (Å²) in [7, 11) is 2.97. The van der Waals surface area contributed by atoms with Gasteiger partial charge in [-0.2, -0.15) is 0 Å². The number of halogens is 3. The number of amides is 1. The lowest BCUT2D eigenvalue weighted by Crippen LogP contribution is -2.30. The molecular weight excluding hydrogens is 511 g/mol. The zero-order valence-corrected chi connectivity index (χ0v) is 21.8. The average molecular weight is 540 g/mol. The van der Waals surface area contributed by atoms with E-state index in [9.17, 15) is 22.8 Å². The van der Waals surface area contributed by atoms with E-state index in [0.717, 1.165) is 17.5 Å². The van der Waals surface area contributed by atoms with Gasteiger partial charge in [-0.1, -0.05) is 12.8 Å². The van der Waals surface area contributed by atoms with Crippen LogP contribution < -0.4 is 5.32 Å². The molecule has 0 radical (unpaired) electrons. The van der Waals surface area contributed by atoms with Gasteiger partial charge in [0.2, 0.25) is 5.91 Å². The average Bonchev–Trinajstić information content (AvgIpc) is 3.14. The molecule has 204 valence electrons. The molecule has 6 rings (SSSR count). The first-order chi connectivity index (χ1) is 18.6. The van der Waals surface area contributed by atoms with E-state index >= 15 is 0 Å². The van der Waals surface area contributed by atoms with Gasteiger partial charge in [0.05, 0.1) is 41.1 Å². The SMILES string of the molecule is COC(=O)c1cc2nc(-c3cc4ccc5nc4n3CCCCC[C@@H]3[C@@H](C(=O)N[C@@H]5C)C3(F)F)n(C)c2cc1F. The Morgan fingerprint density at radius 3 is 2.72 bits per heavy atom. The van der Waals surface area contributed by atoms with Gasteiger partial charge in [-0.25, -0.2) is 27.9 Å². The predicted molar refractivity (Wildman–Crippen MR) is 138 cm³/mol. The molecule has 39 heavy (non-hydrogen) atoms. The number of nitrogens with one attached hydrogen (secondary N) is 1. The van der Waals surface area contributed by atoms with Crippen LogP contribution in [0.5, 0.6) is 0 Å². The fourth-order valence-corrected chi connectivity index (χ4v) is 5.80. The van der Waals surface area contributed by atoms with Crippen LogP contribution in [-0.2, 0) is 23.1 Å². The van der Waals surface area contributed by atoms with Crippen molar-refractivity contribution in [1.29, 1.82) is 0 Å². The number of alkyl halides is 2. The van der Waals surface area contributed by atoms with Crippen molar-refractivity contribution in [1.82, 2.24) is 24.4 Å². The van der Waals surface area contributed by atoms with E-state index in [4.69, 9.17) is 14.7 Å². The van der Waals surface area contributed by atoms with Crippen molar-refractivity contribution in [3.63, 3.8) is 0 Å². The Morgan fingerprint density at radius 2 is 1.95 bits per heavy atom. The van der Waals surface area contributed by atoms with E-state index in [1.165, 1.54) is 19.2 Å². The molecule has 1 amide bonds. The van der Waals surface area contributed by atoms with E-state index in [-0.39, 0.29) is 5.56 Å². The number of carbonyl (C=O) groups excluding carboxylic acids is 2. The number of hydrogen-bond donors (Lipinski definition) is 1. The molecular formula is C28H28F3N5O3. The third kappa shape index (κ3) is 4.06. The smallest absolute Gasteiger partial charge is 0.340 e. The summed E-state index contributed by atoms with van der Waals surface area (Å²) in [5.41, 5.74) is 2.77. The van der Waals surface area contributed by atoms with Crippen LogP contribution in [-0.4, -0.2) is 44.0 Å². The van der Waals surface area contributed by atoms with Crippen LogP contribution >= 0.6 is 0 Å². The largest absolute Gasteiger partial charge is 0.465 e. The van der Waals surface area contributed by atoms with Crippen LogP contribution in [0, 0.1) is 17.7 Å². The van der Waals surface area contributed by atoms with Gasteiger partial charge in [0.25, 0.3) is 5.92 Å². The quantitative estimate of drug-likeness (QED) is 0.356. The van der Waals surface area contributed by atoms with Crippen molar-refractivity contribution in [3.8, 4) is 11.5 Å². The number of pyridine rings is 1. The van der Waals surface area contributed by atoms with Crippen LogP contribution in [0.25, 0.3) is 33.6 Å². The first-order valence-corrected chi connectivity index (χ1v) is 13.0. The molecule has 2 aliphatic rings. The summed E-state index contributed by atoms with van der Waals surface area (Å²) in [6.07, 6.45) is 2.33. The van der Waals surface area contributed by atoms with Crippen LogP contribution in [0.2, 0.25) is 0 Å². The fraction of sp³-hybridized carbons (Fsp3) is 0.429. The first-order valence-electron chi connectivity index (χ1n) is 13.0. The van der Waals surface area contributed by atoms with Crippen molar-refractivity contribution in [2.45, 2.75) is 51.1 Å². The number of hydrogen-bond acceptors (Lipinski definition) is 5. The van der Waals surface area contributed by atoms with E-state index in [1.54, 1.807) is 24.6 Å². The van der Waals surface area contributed by atoms with E-state index < -0.39 is 41.5 Å². The Balaban J connectivity index is 1.44. The summed E-state index contributed by atoms with van der Waals surface area (Å²) in [4.78, 5) is 34.2. The first kappa shape index (κ1) is 25.4. The molecule has 3 aromatic heterocycles. The summed E-state index contributed by atoms with van der Waals surface area (Å²) in [6, 6.07) is 7.73. The third-order valence-corrected chi connectivity index (χ3v) is 8.05. The molecule has 2 bridgehead atoms. The Labute approximate surface area is 222 Å². The lowest BCUT2D eigenvalue weighted by atomic mass is 10.1. The van der Waals surface area contributed by atoms with Gasteiger partial charge in [0.15, 0.2) is 5.82 Å². The molecule has 1 N–H and O–H groups in total. The number of benzene rings is 1. The molecule has 0 spiro atoms. The fourth-order valence-electron chi connectivity index (χ4n) is 5.80. The highest BCUT2D eigenvalue weighted by Gasteiger charge is 2.71. The van der Waals surface area contributed by atoms with Crippen LogP contribution in [0.4, 0.5) is 13.2 Å². The van der Waals surface area contributed by atoms with E-state index in [1.807, 2.05) is 16.7 Å². The van der Waals surface area contributed by atoms with Gasteiger partial charge in [0, 0.05) is 31.0 Å². The molecule has 1 saturated carbocycles. The van der Waals surface area contributed by atoms with E-state index in [0.29, 0.717) is 54.0 Å². The molecule has 1 aliphatic carbocycles. The Morgan fingerprint density at radius 1 is 1.15 bits per heavy atom. The van der Waals surface area contributed by atoms with Crippen LogP contribution in [0.15, 0.2) is 30.3 Å². The second kappa shape index (κ2) is 9.10. The molecule has 11 heteroatoms. The minimum absolute atomic E-state index is 0.192. The number of imidazole rings is 1. The maximum absolute atomic E-state index is 14.7. The molecule has 1 aliphatic heterocycles. The molecule has 3 atom stereocenters. The van der Waals surface area contributed by atoms with Crippen molar-refractivity contribution < 1.29 is 27.5 Å². The Bertz CT molecular complexity index is 1640. The second-order valence-electron chi connectivity index (χ2n) is 10.5. The zero-order chi connectivity index (χ0) is 27.6. The summed E-state index contributed by atoms with van der Waals surface area (Å²) >= 11 is 0. The van der Waals surface area contributed by atoms with Gasteiger partial charge < -0.3 is 19.2 Å². The summed E-state index contributed by atoms with van der Waals surface area (Å²) in [5.74, 6) is -6.71. The Hall–Kier alpha value is -3.89. The number of aromatic nitrogens is 4. The predicted octanol–water partition coefficient (Wildman–Crippen LogP) is 5.15. The number of aryl methyl sites for hydroxylation is 2. The van der Waals surface area contributed by atoms with Crippen molar-refractivity contribution in [2.75, 3.05) is 7.11 Å². The maximum Gasteiger partial charge on any atom is 0.340 e. The van der Waals surface area contributed by atoms with E-state index in [2.05, 4.69) is 5.32 Å². The number of rotatable bonds is 2. The molecule has 1 fully saturated rings. The van der Waals surface area contributed by atoms with Gasteiger partial charge >= 0.3 is 5.97 Å². The van der Waals surface area contributed by atoms with Gasteiger partial charge in [-0.05, 0) is 44.0 Å². The van der Waals surface area contributed by atoms with Gasteiger partial charge in [0.1, 0.15) is 17.4 Å². The van der Waals surface area contributed by atoms with Crippen LogP contribution in [0.1, 0.15) is 54.7 Å². The van der Waals surface area contributed by atoms with Crippen molar-refractivity contribution in [2.24, 2.45) is 18.9 Å². The maximum atomic E-state index is 14.7. The van der Waals surface area contributed by atoms with Crippen molar-refractivity contribution in [3.05, 3.63) is 47.4 Å². The van der Waals surface area contributed by atoms with Crippen molar-refractivity contribution >= 4 is 33.9 Å². The number of methoxy groups -OCH3 is 1. The highest BCUT2D eigenvalue weighted by molar-refractivity contribution is 5.95. The monoisotopic (exact) mass is 539 g/mol. The topological polar surface area (TPSA) is 91.0 Å². The third-order valence-electron chi connectivity index (χ3n) is 8.05. The molecule has 4 heterocycles. The minimum atomic E-state index is -2.97. The highest BCUT2D eigenvalue weighted by Crippen LogP contribution is 2.58. The van der Waals surface area contributed by atoms with Gasteiger partial charge in [-0.3, -0.25) is 4.79 Å². The zero-order valence-electron chi connectivity index (χ0n) is 21.8. The second-order valence-corrected chi connectivity index (χ2v) is 10.5. The summed E-state index contributed by atoms with van der Waals surface area (Å²) in [5, 5.41) is 3.58. The number of nitrogens with zero attached hydrogens (tertiary/aromatic N) is 4. The normalized spacial score (nSPS) is 22.9. The van der Waals surface area contributed by atoms with Crippen LogP contribution in [0.3, 0.4) is 0 Å². The number of fused-ring (bicyclic) bond motifs is 3. The molecule has 4 aromatic rings. The molecule has 8 nitrogen and oxygen atoms in total. The minimum Gasteiger partial charge on any atom is -0.465 e. The number of ether oxygens (including phenoxy) is 1. The summed E-state index contributed by atoms with van der Waals surface area (Å²) in [6.45, 7) is 2.31. The highest BCUT2D eigenvalue weighted by atomic mass is 19.3. The molecule has 0 unspecified atom stereocenters. The lowest BCUT2D eigenvalue weighted by molar-refractivity contribution is -0.125. The Kier molecular flexibility index (Phi) is 5.92. The number of esters is 1. The number of carbonyl (C=O) groups is 2. The molecule has 1 aromatic carbocycles. The van der Waals surface area contributed by atoms with Gasteiger partial charge in [-0.15, -0.1) is 0 Å². The molecule has 0 saturated heterocycles. The summed E-state index contributed by atoms with van der Waals surface area (Å²) < 4.78 is 51.9.